The Balaban J connectivity index is 1.90. The molecule has 1 fully saturated rings. The molecule has 1 aliphatic heterocycles. The number of nitrogens with one attached hydrogen (secondary N) is 1. The first-order chi connectivity index (χ1) is 8.56. The molecule has 0 bridgehead atoms. The first-order valence-corrected chi connectivity index (χ1v) is 5.97. The molecule has 3 nitrogen and oxygen atoms in total. The number of rotatable bonds is 3. The van der Waals surface area contributed by atoms with Gasteiger partial charge in [-0.15, -0.1) is 0 Å². The molecule has 1 N–H and O–H groups in total. The molecule has 2 rings (SSSR count). The zero-order chi connectivity index (χ0) is 13.1. The van der Waals surface area contributed by atoms with E-state index >= 15 is 0 Å². The van der Waals surface area contributed by atoms with E-state index in [1.54, 1.807) is 11.9 Å². The van der Waals surface area contributed by atoms with Gasteiger partial charge in [0, 0.05) is 44.2 Å². The molecule has 98 valence electrons. The number of likely N-dealkylation sites (N-methyl/N-ethyl adjacent to an activating group) is 1. The Labute approximate surface area is 105 Å². The number of carbonyl (C=O) groups excluding carboxylic acids is 1. The molecule has 1 unspecified atom stereocenters. The molecule has 0 spiro atoms. The van der Waals surface area contributed by atoms with Gasteiger partial charge >= 0.3 is 0 Å². The number of benzene rings is 1. The molecule has 1 aromatic carbocycles. The normalized spacial score (nSPS) is 20.3. The number of hydrogen-bond donors (Lipinski definition) is 1. The van der Waals surface area contributed by atoms with Gasteiger partial charge in [0.05, 0.1) is 0 Å². The van der Waals surface area contributed by atoms with E-state index in [-0.39, 0.29) is 11.9 Å². The van der Waals surface area contributed by atoms with Crippen LogP contribution in [-0.2, 0) is 11.3 Å². The molecule has 0 aliphatic carbocycles. The maximum atomic E-state index is 13.4. The number of halogens is 2. The first kappa shape index (κ1) is 13.0. The largest absolute Gasteiger partial charge is 0.344 e. The molecule has 1 aromatic rings. The van der Waals surface area contributed by atoms with E-state index in [4.69, 9.17) is 0 Å². The van der Waals surface area contributed by atoms with Gasteiger partial charge in [-0.05, 0) is 12.5 Å². The number of piperidine rings is 1. The molecule has 5 heteroatoms. The van der Waals surface area contributed by atoms with E-state index in [9.17, 15) is 13.6 Å². The highest BCUT2D eigenvalue weighted by molar-refractivity contribution is 5.76. The Hall–Kier alpha value is -1.49. The average molecular weight is 254 g/mol. The Bertz CT molecular complexity index is 451. The number of carbonyl (C=O) groups is 1. The average Bonchev–Trinajstić information content (AvgIpc) is 2.32. The molecular weight excluding hydrogens is 238 g/mol. The monoisotopic (exact) mass is 254 g/mol. The van der Waals surface area contributed by atoms with Crippen LogP contribution >= 0.6 is 0 Å². The summed E-state index contributed by atoms with van der Waals surface area (Å²) in [7, 11) is 1.76. The van der Waals surface area contributed by atoms with Crippen LogP contribution in [-0.4, -0.2) is 30.4 Å². The quantitative estimate of drug-likeness (QED) is 0.890. The summed E-state index contributed by atoms with van der Waals surface area (Å²) in [5.41, 5.74) is 0.441. The lowest BCUT2D eigenvalue weighted by Gasteiger charge is -2.30. The Morgan fingerprint density at radius 3 is 2.89 bits per heavy atom. The van der Waals surface area contributed by atoms with Crippen LogP contribution in [0.5, 0.6) is 0 Å². The summed E-state index contributed by atoms with van der Waals surface area (Å²) in [6.45, 7) is 0.973. The second-order valence-corrected chi connectivity index (χ2v) is 4.63. The highest BCUT2D eigenvalue weighted by Crippen LogP contribution is 2.13. The van der Waals surface area contributed by atoms with Crippen molar-refractivity contribution in [1.29, 1.82) is 0 Å². The first-order valence-electron chi connectivity index (χ1n) is 5.97. The lowest BCUT2D eigenvalue weighted by molar-refractivity contribution is -0.132. The number of hydrogen-bond acceptors (Lipinski definition) is 2. The molecule has 1 amide bonds. The van der Waals surface area contributed by atoms with Crippen molar-refractivity contribution in [2.45, 2.75) is 25.4 Å². The van der Waals surface area contributed by atoms with Crippen molar-refractivity contribution in [2.24, 2.45) is 0 Å². The summed E-state index contributed by atoms with van der Waals surface area (Å²) in [5, 5.41) is 3.19. The fraction of sp³-hybridized carbons (Fsp3) is 0.462. The fourth-order valence-electron chi connectivity index (χ4n) is 2.10. The van der Waals surface area contributed by atoms with Crippen molar-refractivity contribution in [3.63, 3.8) is 0 Å². The van der Waals surface area contributed by atoms with E-state index in [1.807, 2.05) is 0 Å². The minimum Gasteiger partial charge on any atom is -0.344 e. The van der Waals surface area contributed by atoms with Crippen LogP contribution in [0.2, 0.25) is 0 Å². The molecule has 0 radical (unpaired) electrons. The van der Waals surface area contributed by atoms with Crippen LogP contribution in [0.15, 0.2) is 18.2 Å². The third-order valence-corrected chi connectivity index (χ3v) is 3.22. The van der Waals surface area contributed by atoms with E-state index in [0.717, 1.165) is 12.5 Å². The van der Waals surface area contributed by atoms with Crippen LogP contribution in [0, 0.1) is 11.6 Å². The Morgan fingerprint density at radius 2 is 2.22 bits per heavy atom. The second-order valence-electron chi connectivity index (χ2n) is 4.63. The molecule has 1 saturated heterocycles. The number of likely N-dealkylation sites (tertiary alicyclic amines) is 1. The minimum atomic E-state index is -0.570. The smallest absolute Gasteiger partial charge is 0.222 e. The van der Waals surface area contributed by atoms with Crippen molar-refractivity contribution >= 4 is 5.91 Å². The summed E-state index contributed by atoms with van der Waals surface area (Å²) in [6.07, 6.45) is 1.27. The van der Waals surface area contributed by atoms with Crippen LogP contribution in [0.25, 0.3) is 0 Å². The van der Waals surface area contributed by atoms with Crippen LogP contribution in [0.1, 0.15) is 18.4 Å². The zero-order valence-electron chi connectivity index (χ0n) is 10.2. The Kier molecular flexibility index (Phi) is 3.91. The highest BCUT2D eigenvalue weighted by Gasteiger charge is 2.22. The van der Waals surface area contributed by atoms with Crippen molar-refractivity contribution in [3.05, 3.63) is 35.4 Å². The van der Waals surface area contributed by atoms with Gasteiger partial charge in [0.25, 0.3) is 0 Å². The van der Waals surface area contributed by atoms with Gasteiger partial charge in [0.15, 0.2) is 0 Å². The van der Waals surface area contributed by atoms with Gasteiger partial charge in [-0.3, -0.25) is 4.79 Å². The zero-order valence-corrected chi connectivity index (χ0v) is 10.2. The molecule has 1 atom stereocenters. The molecule has 0 saturated carbocycles. The summed E-state index contributed by atoms with van der Waals surface area (Å²) in [6, 6.07) is 3.73. The Morgan fingerprint density at radius 1 is 1.44 bits per heavy atom. The van der Waals surface area contributed by atoms with E-state index < -0.39 is 11.6 Å². The molecular formula is C13H16F2N2O. The van der Waals surface area contributed by atoms with E-state index in [1.165, 1.54) is 12.1 Å². The predicted molar refractivity (Wildman–Crippen MR) is 63.9 cm³/mol. The van der Waals surface area contributed by atoms with Gasteiger partial charge in [0.1, 0.15) is 11.6 Å². The van der Waals surface area contributed by atoms with E-state index in [0.29, 0.717) is 25.1 Å². The molecule has 18 heavy (non-hydrogen) atoms. The number of amides is 1. The lowest BCUT2D eigenvalue weighted by Crippen LogP contribution is -2.46. The van der Waals surface area contributed by atoms with Crippen molar-refractivity contribution in [2.75, 3.05) is 13.6 Å². The summed E-state index contributed by atoms with van der Waals surface area (Å²) >= 11 is 0. The second kappa shape index (κ2) is 5.44. The van der Waals surface area contributed by atoms with Crippen LogP contribution < -0.4 is 5.32 Å². The van der Waals surface area contributed by atoms with Crippen molar-refractivity contribution < 1.29 is 13.6 Å². The number of nitrogens with zero attached hydrogens (tertiary/aromatic N) is 1. The fourth-order valence-corrected chi connectivity index (χ4v) is 2.10. The maximum Gasteiger partial charge on any atom is 0.222 e. The SMILES string of the molecule is CN1CC(NCc2ccc(F)cc2F)CCC1=O. The van der Waals surface area contributed by atoms with Gasteiger partial charge in [0.2, 0.25) is 5.91 Å². The lowest BCUT2D eigenvalue weighted by atomic mass is 10.1. The molecule has 1 heterocycles. The highest BCUT2D eigenvalue weighted by atomic mass is 19.1. The third kappa shape index (κ3) is 3.04. The minimum absolute atomic E-state index is 0.140. The van der Waals surface area contributed by atoms with Crippen LogP contribution in [0.4, 0.5) is 8.78 Å². The van der Waals surface area contributed by atoms with Crippen molar-refractivity contribution in [1.82, 2.24) is 10.2 Å². The molecule has 0 aromatic heterocycles. The van der Waals surface area contributed by atoms with Gasteiger partial charge < -0.3 is 10.2 Å². The van der Waals surface area contributed by atoms with Crippen molar-refractivity contribution in [3.8, 4) is 0 Å². The van der Waals surface area contributed by atoms with Crippen LogP contribution in [0.3, 0.4) is 0 Å². The standard InChI is InChI=1S/C13H16F2N2O/c1-17-8-11(4-5-13(17)18)16-7-9-2-3-10(14)6-12(9)15/h2-3,6,11,16H,4-5,7-8H2,1H3. The summed E-state index contributed by atoms with van der Waals surface area (Å²) in [5.74, 6) is -0.969. The summed E-state index contributed by atoms with van der Waals surface area (Å²) in [4.78, 5) is 13.0. The molecule has 1 aliphatic rings. The topological polar surface area (TPSA) is 32.3 Å². The third-order valence-electron chi connectivity index (χ3n) is 3.22. The van der Waals surface area contributed by atoms with Gasteiger partial charge in [-0.25, -0.2) is 8.78 Å². The van der Waals surface area contributed by atoms with Gasteiger partial charge in [-0.2, -0.15) is 0 Å². The van der Waals surface area contributed by atoms with Gasteiger partial charge in [-0.1, -0.05) is 6.07 Å². The maximum absolute atomic E-state index is 13.4. The summed E-state index contributed by atoms with van der Waals surface area (Å²) < 4.78 is 26.1. The predicted octanol–water partition coefficient (Wildman–Crippen LogP) is 1.68. The van der Waals surface area contributed by atoms with E-state index in [2.05, 4.69) is 5.32 Å².